The molecule has 0 N–H and O–H groups in total. The van der Waals surface area contributed by atoms with Crippen molar-refractivity contribution in [3.63, 3.8) is 0 Å². The zero-order chi connectivity index (χ0) is 20.1. The Morgan fingerprint density at radius 3 is 2.00 bits per heavy atom. The SMILES string of the molecule is C[Si](C)(C)OC[C@@H](c1ccccc1)N(Cc1ccccc1)S(=O)C(F)(F)F. The summed E-state index contributed by atoms with van der Waals surface area (Å²) in [6.45, 7) is 5.86. The van der Waals surface area contributed by atoms with Gasteiger partial charge in [-0.3, -0.25) is 0 Å². The summed E-state index contributed by atoms with van der Waals surface area (Å²) in [6, 6.07) is 16.8. The third-order valence-corrected chi connectivity index (χ3v) is 6.04. The normalized spacial score (nSPS) is 14.9. The van der Waals surface area contributed by atoms with Gasteiger partial charge in [0.15, 0.2) is 8.32 Å². The van der Waals surface area contributed by atoms with Crippen molar-refractivity contribution < 1.29 is 21.8 Å². The van der Waals surface area contributed by atoms with E-state index in [1.165, 1.54) is 0 Å². The van der Waals surface area contributed by atoms with E-state index in [1.807, 2.05) is 19.6 Å². The molecule has 148 valence electrons. The van der Waals surface area contributed by atoms with Crippen LogP contribution in [0.15, 0.2) is 60.7 Å². The van der Waals surface area contributed by atoms with Crippen LogP contribution in [0.5, 0.6) is 0 Å². The van der Waals surface area contributed by atoms with Crippen LogP contribution in [-0.4, -0.2) is 28.9 Å². The summed E-state index contributed by atoms with van der Waals surface area (Å²) in [7, 11) is -5.14. The summed E-state index contributed by atoms with van der Waals surface area (Å²) >= 11 is 0. The second kappa shape index (κ2) is 9.14. The van der Waals surface area contributed by atoms with E-state index in [1.54, 1.807) is 60.7 Å². The van der Waals surface area contributed by atoms with Crippen LogP contribution in [0.25, 0.3) is 0 Å². The smallest absolute Gasteiger partial charge is 0.416 e. The lowest BCUT2D eigenvalue weighted by Crippen LogP contribution is -2.41. The Bertz CT molecular complexity index is 736. The molecular weight excluding hydrogens is 391 g/mol. The van der Waals surface area contributed by atoms with Crippen molar-refractivity contribution in [1.82, 2.24) is 4.31 Å². The van der Waals surface area contributed by atoms with Crippen LogP contribution < -0.4 is 0 Å². The van der Waals surface area contributed by atoms with Crippen molar-refractivity contribution in [3.8, 4) is 0 Å². The van der Waals surface area contributed by atoms with Crippen molar-refractivity contribution in [2.45, 2.75) is 37.7 Å². The first-order valence-corrected chi connectivity index (χ1v) is 13.1. The van der Waals surface area contributed by atoms with E-state index in [9.17, 15) is 17.4 Å². The minimum Gasteiger partial charge on any atom is -0.416 e. The summed E-state index contributed by atoms with van der Waals surface area (Å²) in [5, 5.41) is 0. The first kappa shape index (κ1) is 21.8. The van der Waals surface area contributed by atoms with E-state index in [2.05, 4.69) is 0 Å². The predicted octanol–water partition coefficient (Wildman–Crippen LogP) is 5.26. The lowest BCUT2D eigenvalue weighted by molar-refractivity contribution is -0.0446. The summed E-state index contributed by atoms with van der Waals surface area (Å²) in [5.41, 5.74) is -3.55. The molecule has 0 amide bonds. The van der Waals surface area contributed by atoms with Gasteiger partial charge in [-0.2, -0.15) is 13.2 Å². The number of halogens is 3. The highest BCUT2D eigenvalue weighted by Crippen LogP contribution is 2.32. The van der Waals surface area contributed by atoms with Crippen molar-refractivity contribution in [1.29, 1.82) is 0 Å². The first-order chi connectivity index (χ1) is 12.6. The molecule has 2 aromatic rings. The summed E-state index contributed by atoms with van der Waals surface area (Å²) in [4.78, 5) is 0. The minimum absolute atomic E-state index is 0.0500. The molecule has 1 unspecified atom stereocenters. The maximum Gasteiger partial charge on any atom is 0.485 e. The monoisotopic (exact) mass is 415 g/mol. The maximum atomic E-state index is 13.4. The van der Waals surface area contributed by atoms with Crippen LogP contribution in [-0.2, 0) is 22.0 Å². The van der Waals surface area contributed by atoms with Gasteiger partial charge < -0.3 is 4.43 Å². The van der Waals surface area contributed by atoms with Crippen LogP contribution in [0, 0.1) is 0 Å². The van der Waals surface area contributed by atoms with Gasteiger partial charge in [-0.25, -0.2) is 8.51 Å². The Morgan fingerprint density at radius 2 is 1.52 bits per heavy atom. The van der Waals surface area contributed by atoms with Crippen molar-refractivity contribution in [2.75, 3.05) is 6.61 Å². The Labute approximate surface area is 161 Å². The predicted molar refractivity (Wildman–Crippen MR) is 105 cm³/mol. The minimum atomic E-state index is -4.85. The first-order valence-electron chi connectivity index (χ1n) is 8.56. The molecule has 8 heteroatoms. The molecule has 0 aliphatic heterocycles. The van der Waals surface area contributed by atoms with Gasteiger partial charge in [0, 0.05) is 6.54 Å². The Kier molecular flexibility index (Phi) is 7.38. The van der Waals surface area contributed by atoms with E-state index in [-0.39, 0.29) is 13.2 Å². The topological polar surface area (TPSA) is 29.5 Å². The third-order valence-electron chi connectivity index (χ3n) is 3.80. The van der Waals surface area contributed by atoms with Crippen molar-refractivity contribution in [3.05, 3.63) is 71.8 Å². The van der Waals surface area contributed by atoms with Crippen LogP contribution in [0.1, 0.15) is 17.2 Å². The van der Waals surface area contributed by atoms with Crippen molar-refractivity contribution >= 4 is 19.3 Å². The highest BCUT2D eigenvalue weighted by atomic mass is 32.2. The number of benzene rings is 2. The van der Waals surface area contributed by atoms with Gasteiger partial charge >= 0.3 is 5.51 Å². The summed E-state index contributed by atoms with van der Waals surface area (Å²) in [6.07, 6.45) is 0. The maximum absolute atomic E-state index is 13.4. The highest BCUT2D eigenvalue weighted by molar-refractivity contribution is 7.83. The van der Waals surface area contributed by atoms with Gasteiger partial charge in [-0.1, -0.05) is 60.7 Å². The average Bonchev–Trinajstić information content (AvgIpc) is 2.60. The lowest BCUT2D eigenvalue weighted by Gasteiger charge is -2.33. The Hall–Kier alpha value is -1.48. The molecule has 0 heterocycles. The van der Waals surface area contributed by atoms with Crippen molar-refractivity contribution in [2.24, 2.45) is 0 Å². The average molecular weight is 416 g/mol. The van der Waals surface area contributed by atoms with E-state index in [0.717, 1.165) is 4.31 Å². The van der Waals surface area contributed by atoms with Crippen LogP contribution >= 0.6 is 0 Å². The van der Waals surface area contributed by atoms with Gasteiger partial charge in [-0.05, 0) is 30.8 Å². The van der Waals surface area contributed by atoms with Gasteiger partial charge in [0.25, 0.3) is 0 Å². The molecule has 0 aromatic heterocycles. The van der Waals surface area contributed by atoms with E-state index < -0.39 is 30.9 Å². The Morgan fingerprint density at radius 1 is 1.00 bits per heavy atom. The molecule has 2 rings (SSSR count). The molecule has 0 radical (unpaired) electrons. The molecule has 2 atom stereocenters. The van der Waals surface area contributed by atoms with E-state index in [4.69, 9.17) is 4.43 Å². The number of nitrogens with zero attached hydrogens (tertiary/aromatic N) is 1. The molecular formula is C19H24F3NO2SSi. The van der Waals surface area contributed by atoms with Gasteiger partial charge in [0.2, 0.25) is 11.0 Å². The third kappa shape index (κ3) is 6.88. The molecule has 2 aromatic carbocycles. The Balaban J connectivity index is 2.42. The second-order valence-electron chi connectivity index (χ2n) is 7.11. The second-order valence-corrected chi connectivity index (χ2v) is 13.0. The molecule has 0 bridgehead atoms. The standard InChI is InChI=1S/C19H24F3NO2SSi/c1-27(2,3)25-15-18(17-12-8-5-9-13-17)23(26(24)19(20,21)22)14-16-10-6-4-7-11-16/h4-13,18H,14-15H2,1-3H3/t18-,26?/m0/s1. The molecule has 0 saturated heterocycles. The molecule has 0 aliphatic rings. The fourth-order valence-electron chi connectivity index (χ4n) is 2.53. The molecule has 0 fully saturated rings. The quantitative estimate of drug-likeness (QED) is 0.550. The van der Waals surface area contributed by atoms with Crippen LogP contribution in [0.3, 0.4) is 0 Å². The fraction of sp³-hybridized carbons (Fsp3) is 0.368. The highest BCUT2D eigenvalue weighted by Gasteiger charge is 2.44. The summed E-state index contributed by atoms with van der Waals surface area (Å²) in [5.74, 6) is 0. The fourth-order valence-corrected chi connectivity index (χ4v) is 4.13. The number of hydrogen-bond donors (Lipinski definition) is 0. The number of hydrogen-bond acceptors (Lipinski definition) is 2. The van der Waals surface area contributed by atoms with Crippen LogP contribution in [0.2, 0.25) is 19.6 Å². The summed E-state index contributed by atoms with van der Waals surface area (Å²) < 4.78 is 59.4. The molecule has 3 nitrogen and oxygen atoms in total. The zero-order valence-electron chi connectivity index (χ0n) is 15.6. The number of alkyl halides is 3. The number of rotatable bonds is 8. The van der Waals surface area contributed by atoms with E-state index in [0.29, 0.717) is 11.1 Å². The molecule has 0 saturated carbocycles. The van der Waals surface area contributed by atoms with E-state index >= 15 is 0 Å². The van der Waals surface area contributed by atoms with Gasteiger partial charge in [0.1, 0.15) is 0 Å². The largest absolute Gasteiger partial charge is 0.485 e. The molecule has 27 heavy (non-hydrogen) atoms. The molecule has 0 spiro atoms. The van der Waals surface area contributed by atoms with Gasteiger partial charge in [-0.15, -0.1) is 0 Å². The lowest BCUT2D eigenvalue weighted by atomic mass is 10.1. The van der Waals surface area contributed by atoms with Gasteiger partial charge in [0.05, 0.1) is 12.6 Å². The molecule has 0 aliphatic carbocycles. The van der Waals surface area contributed by atoms with Crippen LogP contribution in [0.4, 0.5) is 13.2 Å². The zero-order valence-corrected chi connectivity index (χ0v) is 17.4.